The summed E-state index contributed by atoms with van der Waals surface area (Å²) in [6.45, 7) is 9.47. The van der Waals surface area contributed by atoms with Gasteiger partial charge in [-0.1, -0.05) is 13.8 Å². The zero-order chi connectivity index (χ0) is 17.1. The van der Waals surface area contributed by atoms with Gasteiger partial charge in [0.1, 0.15) is 6.04 Å². The molecule has 0 aliphatic carbocycles. The Morgan fingerprint density at radius 1 is 1.21 bits per heavy atom. The van der Waals surface area contributed by atoms with Crippen LogP contribution in [-0.2, 0) is 9.53 Å². The van der Waals surface area contributed by atoms with Crippen LogP contribution in [0, 0.1) is 0 Å². The molecule has 0 aromatic carbocycles. The molecule has 0 unspecified atom stereocenters. The van der Waals surface area contributed by atoms with E-state index in [2.05, 4.69) is 15.1 Å². The third kappa shape index (κ3) is 3.75. The van der Waals surface area contributed by atoms with Crippen LogP contribution in [-0.4, -0.2) is 76.3 Å². The van der Waals surface area contributed by atoms with Crippen LogP contribution >= 0.6 is 11.8 Å². The van der Waals surface area contributed by atoms with Gasteiger partial charge in [-0.25, -0.2) is 0 Å². The van der Waals surface area contributed by atoms with Gasteiger partial charge in [0.15, 0.2) is 0 Å². The van der Waals surface area contributed by atoms with Gasteiger partial charge >= 0.3 is 0 Å². The van der Waals surface area contributed by atoms with Crippen LogP contribution in [0.2, 0.25) is 0 Å². The fourth-order valence-corrected chi connectivity index (χ4v) is 3.98. The number of ether oxygens (including phenoxy) is 1. The monoisotopic (exact) mass is 354 g/mol. The Bertz CT molecular complexity index is 559. The number of hydrogen-bond donors (Lipinski definition) is 0. The lowest BCUT2D eigenvalue weighted by Gasteiger charge is -2.38. The van der Waals surface area contributed by atoms with E-state index in [9.17, 15) is 4.79 Å². The van der Waals surface area contributed by atoms with E-state index in [4.69, 9.17) is 9.15 Å². The van der Waals surface area contributed by atoms with Gasteiger partial charge in [-0.15, -0.1) is 10.2 Å². The van der Waals surface area contributed by atoms with E-state index >= 15 is 0 Å². The van der Waals surface area contributed by atoms with Crippen LogP contribution < -0.4 is 0 Å². The maximum absolute atomic E-state index is 13.1. The molecule has 1 aromatic heterocycles. The Kier molecular flexibility index (Phi) is 5.78. The number of rotatable bonds is 4. The van der Waals surface area contributed by atoms with Crippen LogP contribution in [0.25, 0.3) is 0 Å². The number of carbonyl (C=O) groups excluding carboxylic acids is 1. The van der Waals surface area contributed by atoms with E-state index in [0.717, 1.165) is 24.6 Å². The zero-order valence-corrected chi connectivity index (χ0v) is 15.4. The van der Waals surface area contributed by atoms with E-state index in [1.54, 1.807) is 0 Å². The summed E-state index contributed by atoms with van der Waals surface area (Å²) < 4.78 is 11.4. The van der Waals surface area contributed by atoms with E-state index in [1.807, 2.05) is 37.4 Å². The third-order valence-corrected chi connectivity index (χ3v) is 5.54. The molecule has 1 aromatic rings. The molecule has 2 aliphatic heterocycles. The van der Waals surface area contributed by atoms with Gasteiger partial charge in [-0.3, -0.25) is 9.69 Å². The summed E-state index contributed by atoms with van der Waals surface area (Å²) in [5.74, 6) is 3.55. The quantitative estimate of drug-likeness (QED) is 0.812. The Labute approximate surface area is 147 Å². The van der Waals surface area contributed by atoms with Crippen molar-refractivity contribution in [2.24, 2.45) is 0 Å². The van der Waals surface area contributed by atoms with Gasteiger partial charge in [0.2, 0.25) is 17.7 Å². The Morgan fingerprint density at radius 3 is 2.62 bits per heavy atom. The van der Waals surface area contributed by atoms with Gasteiger partial charge in [0, 0.05) is 37.1 Å². The molecule has 3 heterocycles. The minimum Gasteiger partial charge on any atom is -0.423 e. The summed E-state index contributed by atoms with van der Waals surface area (Å²) >= 11 is 1.95. The summed E-state index contributed by atoms with van der Waals surface area (Å²) in [7, 11) is 0. The molecule has 0 radical (unpaired) electrons. The Morgan fingerprint density at radius 2 is 1.96 bits per heavy atom. The summed E-state index contributed by atoms with van der Waals surface area (Å²) in [6, 6.07) is -0.410. The highest BCUT2D eigenvalue weighted by Crippen LogP contribution is 2.26. The maximum Gasteiger partial charge on any atom is 0.241 e. The fourth-order valence-electron chi connectivity index (χ4n) is 3.05. The molecule has 7 nitrogen and oxygen atoms in total. The predicted molar refractivity (Wildman–Crippen MR) is 92.0 cm³/mol. The predicted octanol–water partition coefficient (Wildman–Crippen LogP) is 1.53. The largest absolute Gasteiger partial charge is 0.423 e. The lowest BCUT2D eigenvalue weighted by atomic mass is 10.1. The number of amides is 1. The first kappa shape index (κ1) is 17.7. The number of morpholine rings is 1. The van der Waals surface area contributed by atoms with Crippen molar-refractivity contribution in [2.75, 3.05) is 44.4 Å². The maximum atomic E-state index is 13.1. The molecular formula is C16H26N4O3S. The first-order valence-corrected chi connectivity index (χ1v) is 9.76. The number of carbonyl (C=O) groups is 1. The Hall–Kier alpha value is -1.12. The van der Waals surface area contributed by atoms with Crippen molar-refractivity contribution in [1.82, 2.24) is 20.0 Å². The summed E-state index contributed by atoms with van der Waals surface area (Å²) in [4.78, 5) is 17.2. The highest BCUT2D eigenvalue weighted by molar-refractivity contribution is 7.99. The number of nitrogens with zero attached hydrogens (tertiary/aromatic N) is 4. The fraction of sp³-hybridized carbons (Fsp3) is 0.812. The molecule has 2 aliphatic rings. The number of aromatic nitrogens is 2. The van der Waals surface area contributed by atoms with Crippen molar-refractivity contribution in [3.63, 3.8) is 0 Å². The van der Waals surface area contributed by atoms with Crippen LogP contribution in [0.3, 0.4) is 0 Å². The van der Waals surface area contributed by atoms with Crippen molar-refractivity contribution >= 4 is 17.7 Å². The minimum absolute atomic E-state index is 0.125. The molecule has 24 heavy (non-hydrogen) atoms. The summed E-state index contributed by atoms with van der Waals surface area (Å²) in [5, 5.41) is 8.25. The molecule has 2 atom stereocenters. The number of thioether (sulfide) groups is 1. The second kappa shape index (κ2) is 7.84. The van der Waals surface area contributed by atoms with Crippen molar-refractivity contribution in [1.29, 1.82) is 0 Å². The van der Waals surface area contributed by atoms with Gasteiger partial charge in [0.05, 0.1) is 19.3 Å². The van der Waals surface area contributed by atoms with E-state index in [0.29, 0.717) is 31.5 Å². The normalized spacial score (nSPS) is 24.3. The molecule has 134 valence electrons. The molecule has 0 spiro atoms. The van der Waals surface area contributed by atoms with Crippen molar-refractivity contribution in [3.05, 3.63) is 11.8 Å². The van der Waals surface area contributed by atoms with Gasteiger partial charge < -0.3 is 14.1 Å². The highest BCUT2D eigenvalue weighted by atomic mass is 32.2. The lowest BCUT2D eigenvalue weighted by molar-refractivity contribution is -0.146. The standard InChI is InChI=1S/C16H26N4O3S/c1-11(2)14-17-18-15(23-14)13-10-22-7-4-20(13)16(21)12(3)19-5-8-24-9-6-19/h11-13H,4-10H2,1-3H3/t12-,13-/m0/s1. The molecule has 2 saturated heterocycles. The third-order valence-electron chi connectivity index (χ3n) is 4.60. The van der Waals surface area contributed by atoms with Crippen molar-refractivity contribution < 1.29 is 13.9 Å². The molecule has 0 saturated carbocycles. The average molecular weight is 354 g/mol. The average Bonchev–Trinajstić information content (AvgIpc) is 3.11. The van der Waals surface area contributed by atoms with E-state index < -0.39 is 0 Å². The molecule has 2 fully saturated rings. The van der Waals surface area contributed by atoms with Gasteiger partial charge in [-0.2, -0.15) is 11.8 Å². The molecule has 0 N–H and O–H groups in total. The van der Waals surface area contributed by atoms with Crippen LogP contribution in [0.5, 0.6) is 0 Å². The van der Waals surface area contributed by atoms with Crippen LogP contribution in [0.15, 0.2) is 4.42 Å². The highest BCUT2D eigenvalue weighted by Gasteiger charge is 2.36. The molecule has 3 rings (SSSR count). The first-order chi connectivity index (χ1) is 11.6. The van der Waals surface area contributed by atoms with E-state index in [1.165, 1.54) is 0 Å². The Balaban J connectivity index is 1.74. The van der Waals surface area contributed by atoms with Crippen LogP contribution in [0.1, 0.15) is 44.5 Å². The van der Waals surface area contributed by atoms with Crippen LogP contribution in [0.4, 0.5) is 0 Å². The molecule has 0 bridgehead atoms. The lowest BCUT2D eigenvalue weighted by Crippen LogP contribution is -2.53. The SMILES string of the molecule is CC(C)c1nnc([C@@H]2COCCN2C(=O)[C@H](C)N2CCSCC2)o1. The van der Waals surface area contributed by atoms with Gasteiger partial charge in [0.25, 0.3) is 0 Å². The smallest absolute Gasteiger partial charge is 0.241 e. The summed E-state index contributed by atoms with van der Waals surface area (Å²) in [5.41, 5.74) is 0. The first-order valence-electron chi connectivity index (χ1n) is 8.61. The summed E-state index contributed by atoms with van der Waals surface area (Å²) in [6.07, 6.45) is 0. The minimum atomic E-state index is -0.284. The molecular weight excluding hydrogens is 328 g/mol. The topological polar surface area (TPSA) is 71.7 Å². The molecule has 8 heteroatoms. The number of hydrogen-bond acceptors (Lipinski definition) is 7. The molecule has 1 amide bonds. The second-order valence-corrected chi connectivity index (χ2v) is 7.80. The van der Waals surface area contributed by atoms with Gasteiger partial charge in [-0.05, 0) is 6.92 Å². The van der Waals surface area contributed by atoms with E-state index in [-0.39, 0.29) is 23.9 Å². The van der Waals surface area contributed by atoms with Crippen molar-refractivity contribution in [2.45, 2.75) is 38.8 Å². The zero-order valence-electron chi connectivity index (χ0n) is 14.6. The second-order valence-electron chi connectivity index (χ2n) is 6.58. The van der Waals surface area contributed by atoms with Crippen molar-refractivity contribution in [3.8, 4) is 0 Å².